The summed E-state index contributed by atoms with van der Waals surface area (Å²) in [7, 11) is 1.31. The van der Waals surface area contributed by atoms with Crippen molar-refractivity contribution >= 4 is 46.0 Å². The Morgan fingerprint density at radius 2 is 1.74 bits per heavy atom. The van der Waals surface area contributed by atoms with Crippen LogP contribution in [0, 0.1) is 0 Å². The Hall–Kier alpha value is -3.52. The van der Waals surface area contributed by atoms with Gasteiger partial charge in [-0.1, -0.05) is 49.2 Å². The molecule has 0 radical (unpaired) electrons. The number of nitrogens with one attached hydrogen (secondary N) is 1. The first-order valence-corrected chi connectivity index (χ1v) is 11.3. The highest BCUT2D eigenvalue weighted by atomic mass is 35.5. The summed E-state index contributed by atoms with van der Waals surface area (Å²) in [6.07, 6.45) is 2.97. The minimum Gasteiger partial charge on any atom is -0.478 e. The van der Waals surface area contributed by atoms with E-state index >= 15 is 0 Å². The van der Waals surface area contributed by atoms with E-state index in [0.717, 1.165) is 18.4 Å². The van der Waals surface area contributed by atoms with Gasteiger partial charge in [-0.2, -0.15) is 0 Å². The maximum Gasteiger partial charge on any atom is 0.336 e. The topological polar surface area (TPSA) is 117 Å². The minimum atomic E-state index is -1.17. The Kier molecular flexibility index (Phi) is 8.17. The van der Waals surface area contributed by atoms with Gasteiger partial charge in [-0.3, -0.25) is 14.6 Å². The summed E-state index contributed by atoms with van der Waals surface area (Å²) in [4.78, 5) is 45.0. The van der Waals surface area contributed by atoms with E-state index in [2.05, 4.69) is 17.2 Å². The zero-order valence-corrected chi connectivity index (χ0v) is 19.8. The molecule has 0 saturated heterocycles. The lowest BCUT2D eigenvalue weighted by molar-refractivity contribution is -0.139. The molecule has 1 heterocycles. The lowest BCUT2D eigenvalue weighted by Gasteiger charge is -2.23. The summed E-state index contributed by atoms with van der Waals surface area (Å²) in [5.74, 6) is -2.10. The van der Waals surface area contributed by atoms with Crippen LogP contribution >= 0.6 is 11.6 Å². The van der Waals surface area contributed by atoms with Gasteiger partial charge in [0, 0.05) is 12.1 Å². The quantitative estimate of drug-likeness (QED) is 0.474. The molecule has 9 heteroatoms. The minimum absolute atomic E-state index is 0.0322. The first-order chi connectivity index (χ1) is 16.3. The maximum atomic E-state index is 12.6. The van der Waals surface area contributed by atoms with Crippen molar-refractivity contribution in [1.29, 1.82) is 0 Å². The van der Waals surface area contributed by atoms with Crippen LogP contribution in [0.25, 0.3) is 0 Å². The summed E-state index contributed by atoms with van der Waals surface area (Å²) >= 11 is 6.31. The fourth-order valence-corrected chi connectivity index (χ4v) is 4.00. The SMILES string of the molecule is CCCCC1(Cc2ccc(NC(=O)c3ccccc3C(=O)O)cc2)N=C(Cl)C(CC(=O)OC)=N1. The van der Waals surface area contributed by atoms with Crippen LogP contribution in [0.5, 0.6) is 0 Å². The molecular weight excluding hydrogens is 458 g/mol. The molecule has 1 unspecified atom stereocenters. The van der Waals surface area contributed by atoms with Gasteiger partial charge in [-0.25, -0.2) is 9.79 Å². The van der Waals surface area contributed by atoms with Gasteiger partial charge < -0.3 is 15.2 Å². The second-order valence-corrected chi connectivity index (χ2v) is 8.34. The number of aliphatic imine (C=N–C) groups is 2. The number of nitrogens with zero attached hydrogens (tertiary/aromatic N) is 2. The van der Waals surface area contributed by atoms with Crippen molar-refractivity contribution in [2.75, 3.05) is 12.4 Å². The van der Waals surface area contributed by atoms with Crippen LogP contribution in [-0.4, -0.2) is 46.6 Å². The molecule has 2 aromatic rings. The van der Waals surface area contributed by atoms with Gasteiger partial charge in [0.05, 0.1) is 30.4 Å². The summed E-state index contributed by atoms with van der Waals surface area (Å²) < 4.78 is 4.72. The predicted octanol–water partition coefficient (Wildman–Crippen LogP) is 4.72. The first-order valence-electron chi connectivity index (χ1n) is 10.9. The molecule has 1 amide bonds. The maximum absolute atomic E-state index is 12.6. The predicted molar refractivity (Wildman–Crippen MR) is 131 cm³/mol. The number of hydrogen-bond donors (Lipinski definition) is 2. The number of unbranched alkanes of at least 4 members (excludes halogenated alkanes) is 1. The van der Waals surface area contributed by atoms with Gasteiger partial charge in [0.2, 0.25) is 0 Å². The Labute approximate surface area is 202 Å². The molecule has 8 nitrogen and oxygen atoms in total. The zero-order valence-electron chi connectivity index (χ0n) is 19.0. The smallest absolute Gasteiger partial charge is 0.336 e. The molecule has 0 aromatic heterocycles. The number of rotatable bonds is 10. The number of carboxylic acid groups (broad SMARTS) is 1. The third-order valence-corrected chi connectivity index (χ3v) is 5.76. The number of amides is 1. The molecule has 0 aliphatic carbocycles. The highest BCUT2D eigenvalue weighted by Crippen LogP contribution is 2.32. The molecule has 0 spiro atoms. The number of hydrogen-bond acceptors (Lipinski definition) is 6. The van der Waals surface area contributed by atoms with E-state index in [1.165, 1.54) is 19.2 Å². The number of benzene rings is 2. The van der Waals surface area contributed by atoms with E-state index in [9.17, 15) is 19.5 Å². The van der Waals surface area contributed by atoms with Gasteiger partial charge in [0.1, 0.15) is 5.17 Å². The monoisotopic (exact) mass is 483 g/mol. The molecule has 178 valence electrons. The van der Waals surface area contributed by atoms with Crippen molar-refractivity contribution in [2.45, 2.75) is 44.7 Å². The Balaban J connectivity index is 1.76. The number of carboxylic acids is 1. The second kappa shape index (κ2) is 11.1. The zero-order chi connectivity index (χ0) is 24.7. The average Bonchev–Trinajstić information content (AvgIpc) is 3.13. The number of halogens is 1. The van der Waals surface area contributed by atoms with Crippen LogP contribution in [0.2, 0.25) is 0 Å². The van der Waals surface area contributed by atoms with Crippen molar-refractivity contribution in [3.05, 3.63) is 65.2 Å². The lowest BCUT2D eigenvalue weighted by Crippen LogP contribution is -2.25. The van der Waals surface area contributed by atoms with Gasteiger partial charge >= 0.3 is 11.9 Å². The van der Waals surface area contributed by atoms with E-state index in [1.807, 2.05) is 12.1 Å². The first kappa shape index (κ1) is 25.1. The third kappa shape index (κ3) is 6.08. The molecule has 0 saturated carbocycles. The average molecular weight is 484 g/mol. The normalized spacial score (nSPS) is 17.0. The number of methoxy groups -OCH3 is 1. The van der Waals surface area contributed by atoms with Gasteiger partial charge in [0.25, 0.3) is 5.91 Å². The highest BCUT2D eigenvalue weighted by Gasteiger charge is 2.36. The highest BCUT2D eigenvalue weighted by molar-refractivity contribution is 6.84. The summed E-state index contributed by atoms with van der Waals surface area (Å²) in [6, 6.07) is 13.2. The molecule has 1 aliphatic rings. The van der Waals surface area contributed by atoms with E-state index in [1.54, 1.807) is 24.3 Å². The molecule has 0 fully saturated rings. The Bertz CT molecular complexity index is 1140. The van der Waals surface area contributed by atoms with E-state index in [4.69, 9.17) is 21.3 Å². The molecule has 1 atom stereocenters. The van der Waals surface area contributed by atoms with E-state index < -0.39 is 23.5 Å². The Morgan fingerprint density at radius 3 is 2.35 bits per heavy atom. The number of carbonyl (C=O) groups is 3. The third-order valence-electron chi connectivity index (χ3n) is 5.46. The van der Waals surface area contributed by atoms with Crippen molar-refractivity contribution in [2.24, 2.45) is 9.98 Å². The number of aromatic carboxylic acids is 1. The van der Waals surface area contributed by atoms with Crippen molar-refractivity contribution < 1.29 is 24.2 Å². The molecular formula is C25H26ClN3O5. The van der Waals surface area contributed by atoms with Crippen LogP contribution < -0.4 is 5.32 Å². The van der Waals surface area contributed by atoms with Gasteiger partial charge in [-0.05, 0) is 42.7 Å². The van der Waals surface area contributed by atoms with Crippen LogP contribution in [0.15, 0.2) is 58.5 Å². The fourth-order valence-electron chi connectivity index (χ4n) is 3.73. The molecule has 2 N–H and O–H groups in total. The van der Waals surface area contributed by atoms with E-state index in [0.29, 0.717) is 24.2 Å². The largest absolute Gasteiger partial charge is 0.478 e. The Morgan fingerprint density at radius 1 is 1.06 bits per heavy atom. The molecule has 2 aromatic carbocycles. The molecule has 0 bridgehead atoms. The number of esters is 1. The molecule has 1 aliphatic heterocycles. The lowest BCUT2D eigenvalue weighted by atomic mass is 9.95. The van der Waals surface area contributed by atoms with Crippen LogP contribution in [0.4, 0.5) is 5.69 Å². The van der Waals surface area contributed by atoms with Crippen LogP contribution in [-0.2, 0) is 16.0 Å². The van der Waals surface area contributed by atoms with Crippen molar-refractivity contribution in [3.8, 4) is 0 Å². The van der Waals surface area contributed by atoms with Crippen molar-refractivity contribution in [3.63, 3.8) is 0 Å². The van der Waals surface area contributed by atoms with Gasteiger partial charge in [0.15, 0.2) is 5.66 Å². The number of ether oxygens (including phenoxy) is 1. The summed E-state index contributed by atoms with van der Waals surface area (Å²) in [5, 5.41) is 12.3. The van der Waals surface area contributed by atoms with Gasteiger partial charge in [-0.15, -0.1) is 0 Å². The summed E-state index contributed by atoms with van der Waals surface area (Å²) in [5.41, 5.74) is 1.11. The second-order valence-electron chi connectivity index (χ2n) is 7.98. The molecule has 34 heavy (non-hydrogen) atoms. The van der Waals surface area contributed by atoms with Crippen LogP contribution in [0.1, 0.15) is 58.9 Å². The standard InChI is InChI=1S/C25H26ClN3O5/c1-3-4-13-25(28-20(22(26)29-25)14-21(30)34-2)15-16-9-11-17(12-10-16)27-23(31)18-7-5-6-8-19(18)24(32)33/h5-12H,3-4,13-15H2,1-2H3,(H,27,31)(H,32,33). The number of anilines is 1. The fraction of sp³-hybridized carbons (Fsp3) is 0.320. The van der Waals surface area contributed by atoms with Crippen molar-refractivity contribution in [1.82, 2.24) is 0 Å². The number of carbonyl (C=O) groups excluding carboxylic acids is 2. The van der Waals surface area contributed by atoms with Crippen LogP contribution in [0.3, 0.4) is 0 Å². The summed E-state index contributed by atoms with van der Waals surface area (Å²) in [6.45, 7) is 2.08. The van der Waals surface area contributed by atoms with E-state index in [-0.39, 0.29) is 22.7 Å². The molecule has 3 rings (SSSR count).